The number of hydrogen-bond acceptors (Lipinski definition) is 3. The number of nitrogens with zero attached hydrogens (tertiary/aromatic N) is 1. The number of benzene rings is 3. The third kappa shape index (κ3) is 3.13. The van der Waals surface area contributed by atoms with Crippen LogP contribution in [0.25, 0.3) is 32.9 Å². The monoisotopic (exact) mass is 440 g/mol. The first-order valence-electron chi connectivity index (χ1n) is 9.24. The van der Waals surface area contributed by atoms with Crippen molar-refractivity contribution in [3.8, 4) is 11.1 Å². The molecule has 0 atom stereocenters. The average Bonchev–Trinajstić information content (AvgIpc) is 2.67. The summed E-state index contributed by atoms with van der Waals surface area (Å²) in [6, 6.07) is 16.4. The van der Waals surface area contributed by atoms with Gasteiger partial charge in [-0.1, -0.05) is 30.3 Å². The SMILES string of the molecule is Cc1ccc(-c2ccc3c(C(=O)O)c4ccccc4[n+](C)c3c2)c(C)c1S(=O)(=O)Cl. The molecule has 0 bridgehead atoms. The fraction of sp³-hybridized carbons (Fsp3) is 0.130. The minimum atomic E-state index is -3.90. The Morgan fingerprint density at radius 1 is 0.967 bits per heavy atom. The summed E-state index contributed by atoms with van der Waals surface area (Å²) in [6.07, 6.45) is 0. The van der Waals surface area contributed by atoms with E-state index >= 15 is 0 Å². The number of fused-ring (bicyclic) bond motifs is 2. The largest absolute Gasteiger partial charge is 0.478 e. The van der Waals surface area contributed by atoms with Crippen molar-refractivity contribution in [2.45, 2.75) is 18.7 Å². The first-order valence-corrected chi connectivity index (χ1v) is 11.5. The molecule has 0 saturated carbocycles. The number of carboxylic acid groups (broad SMARTS) is 1. The molecule has 0 unspecified atom stereocenters. The molecule has 5 nitrogen and oxygen atoms in total. The maximum Gasteiger partial charge on any atom is 0.337 e. The van der Waals surface area contributed by atoms with Gasteiger partial charge in [-0.2, -0.15) is 4.57 Å². The highest BCUT2D eigenvalue weighted by atomic mass is 35.7. The number of halogens is 1. The van der Waals surface area contributed by atoms with Crippen molar-refractivity contribution in [2.75, 3.05) is 0 Å². The number of para-hydroxylation sites is 1. The number of aryl methyl sites for hydroxylation is 2. The summed E-state index contributed by atoms with van der Waals surface area (Å²) in [5, 5.41) is 11.1. The summed E-state index contributed by atoms with van der Waals surface area (Å²) in [5.74, 6) is -0.994. The van der Waals surface area contributed by atoms with Gasteiger partial charge in [0, 0.05) is 22.8 Å². The molecule has 7 heteroatoms. The van der Waals surface area contributed by atoms with E-state index in [4.69, 9.17) is 10.7 Å². The first-order chi connectivity index (χ1) is 14.1. The second-order valence-corrected chi connectivity index (χ2v) is 9.81. The van der Waals surface area contributed by atoms with Crippen molar-refractivity contribution < 1.29 is 22.9 Å². The molecule has 1 heterocycles. The number of aromatic nitrogens is 1. The second-order valence-electron chi connectivity index (χ2n) is 7.31. The van der Waals surface area contributed by atoms with Crippen LogP contribution in [0, 0.1) is 13.8 Å². The zero-order valence-corrected chi connectivity index (χ0v) is 18.2. The smallest absolute Gasteiger partial charge is 0.337 e. The van der Waals surface area contributed by atoms with Crippen LogP contribution in [0.5, 0.6) is 0 Å². The van der Waals surface area contributed by atoms with Gasteiger partial charge in [0.25, 0.3) is 9.05 Å². The average molecular weight is 441 g/mol. The molecule has 0 aliphatic carbocycles. The van der Waals surface area contributed by atoms with Crippen LogP contribution in [0.2, 0.25) is 0 Å². The molecule has 0 saturated heterocycles. The highest BCUT2D eigenvalue weighted by Crippen LogP contribution is 2.34. The zero-order valence-electron chi connectivity index (χ0n) is 16.6. The second kappa shape index (κ2) is 7.07. The van der Waals surface area contributed by atoms with Crippen LogP contribution in [0.4, 0.5) is 0 Å². The van der Waals surface area contributed by atoms with E-state index in [1.165, 1.54) is 0 Å². The third-order valence-electron chi connectivity index (χ3n) is 5.53. The normalized spacial score (nSPS) is 11.9. The van der Waals surface area contributed by atoms with Gasteiger partial charge < -0.3 is 5.11 Å². The van der Waals surface area contributed by atoms with Crippen LogP contribution in [0.3, 0.4) is 0 Å². The lowest BCUT2D eigenvalue weighted by Gasteiger charge is -2.13. The van der Waals surface area contributed by atoms with Crippen molar-refractivity contribution in [2.24, 2.45) is 7.05 Å². The van der Waals surface area contributed by atoms with Crippen molar-refractivity contribution in [3.05, 3.63) is 71.3 Å². The maximum atomic E-state index is 12.1. The van der Waals surface area contributed by atoms with Gasteiger partial charge in [0.15, 0.2) is 0 Å². The summed E-state index contributed by atoms with van der Waals surface area (Å²) in [4.78, 5) is 12.2. The molecule has 30 heavy (non-hydrogen) atoms. The van der Waals surface area contributed by atoms with Gasteiger partial charge in [-0.25, -0.2) is 13.2 Å². The Labute approximate surface area is 178 Å². The van der Waals surface area contributed by atoms with Crippen molar-refractivity contribution >= 4 is 47.5 Å². The van der Waals surface area contributed by atoms with Crippen LogP contribution in [-0.4, -0.2) is 19.5 Å². The molecule has 0 spiro atoms. The predicted octanol–water partition coefficient (Wildman–Crippen LogP) is 4.73. The van der Waals surface area contributed by atoms with Crippen molar-refractivity contribution in [3.63, 3.8) is 0 Å². The van der Waals surface area contributed by atoms with Gasteiger partial charge in [-0.3, -0.25) is 0 Å². The molecular weight excluding hydrogens is 422 g/mol. The summed E-state index contributed by atoms with van der Waals surface area (Å²) in [5.41, 5.74) is 4.43. The molecule has 152 valence electrons. The number of carbonyl (C=O) groups is 1. The number of hydrogen-bond donors (Lipinski definition) is 1. The highest BCUT2D eigenvalue weighted by Gasteiger charge is 2.24. The molecule has 4 rings (SSSR count). The number of pyridine rings is 1. The van der Waals surface area contributed by atoms with Crippen molar-refractivity contribution in [1.82, 2.24) is 0 Å². The lowest BCUT2D eigenvalue weighted by Crippen LogP contribution is -2.31. The molecule has 4 aromatic rings. The highest BCUT2D eigenvalue weighted by molar-refractivity contribution is 8.13. The Balaban J connectivity index is 2.09. The van der Waals surface area contributed by atoms with Gasteiger partial charge in [0.05, 0.1) is 21.2 Å². The Bertz CT molecular complexity index is 1480. The fourth-order valence-electron chi connectivity index (χ4n) is 4.19. The van der Waals surface area contributed by atoms with E-state index in [9.17, 15) is 18.3 Å². The van der Waals surface area contributed by atoms with E-state index in [0.717, 1.165) is 22.2 Å². The lowest BCUT2D eigenvalue weighted by molar-refractivity contribution is -0.617. The van der Waals surface area contributed by atoms with E-state index in [0.29, 0.717) is 21.9 Å². The maximum absolute atomic E-state index is 12.1. The minimum Gasteiger partial charge on any atom is -0.478 e. The number of rotatable bonds is 3. The van der Waals surface area contributed by atoms with Crippen LogP contribution in [-0.2, 0) is 16.1 Å². The molecular formula is C23H19ClNO4S+. The van der Waals surface area contributed by atoms with Crippen LogP contribution in [0.15, 0.2) is 59.5 Å². The van der Waals surface area contributed by atoms with E-state index < -0.39 is 15.0 Å². The minimum absolute atomic E-state index is 0.107. The number of carboxylic acids is 1. The standard InChI is InChI=1S/C23H18ClNO4S/c1-13-8-10-16(14(2)22(13)30(24,28)29)15-9-11-18-20(12-15)25(3)19-7-5-4-6-17(19)21(18)23(26)27/h4-12H,1-3H3/p+1. The molecule has 1 N–H and O–H groups in total. The molecule has 0 fully saturated rings. The van der Waals surface area contributed by atoms with Crippen molar-refractivity contribution in [1.29, 1.82) is 0 Å². The van der Waals surface area contributed by atoms with Gasteiger partial charge in [0.1, 0.15) is 7.05 Å². The van der Waals surface area contributed by atoms with Crippen LogP contribution >= 0.6 is 10.7 Å². The van der Waals surface area contributed by atoms with E-state index in [-0.39, 0.29) is 10.5 Å². The third-order valence-corrected chi connectivity index (χ3v) is 7.11. The molecule has 0 radical (unpaired) electrons. The molecule has 3 aromatic carbocycles. The van der Waals surface area contributed by atoms with E-state index in [1.807, 2.05) is 48.0 Å². The summed E-state index contributed by atoms with van der Waals surface area (Å²) >= 11 is 0. The van der Waals surface area contributed by atoms with Crippen LogP contribution in [0.1, 0.15) is 21.5 Å². The molecule has 1 aromatic heterocycles. The van der Waals surface area contributed by atoms with Crippen LogP contribution < -0.4 is 4.57 Å². The Hall–Kier alpha value is -2.96. The van der Waals surface area contributed by atoms with Gasteiger partial charge in [-0.15, -0.1) is 0 Å². The summed E-state index contributed by atoms with van der Waals surface area (Å²) in [6.45, 7) is 3.43. The molecule has 0 aliphatic heterocycles. The summed E-state index contributed by atoms with van der Waals surface area (Å²) in [7, 11) is 3.66. The number of aromatic carboxylic acids is 1. The Morgan fingerprint density at radius 3 is 2.30 bits per heavy atom. The molecule has 0 aliphatic rings. The topological polar surface area (TPSA) is 75.3 Å². The van der Waals surface area contributed by atoms with Gasteiger partial charge >= 0.3 is 5.97 Å². The Morgan fingerprint density at radius 2 is 1.63 bits per heavy atom. The van der Waals surface area contributed by atoms with Gasteiger partial charge in [0.2, 0.25) is 11.0 Å². The Kier molecular flexibility index (Phi) is 4.79. The summed E-state index contributed by atoms with van der Waals surface area (Å²) < 4.78 is 26.1. The quantitative estimate of drug-likeness (QED) is 0.284. The fourth-order valence-corrected chi connectivity index (χ4v) is 5.83. The lowest BCUT2D eigenvalue weighted by atomic mass is 9.95. The van der Waals surface area contributed by atoms with Gasteiger partial charge in [-0.05, 0) is 48.2 Å². The predicted molar refractivity (Wildman–Crippen MR) is 118 cm³/mol. The first kappa shape index (κ1) is 20.3. The zero-order chi connectivity index (χ0) is 21.8. The van der Waals surface area contributed by atoms with E-state index in [1.54, 1.807) is 32.0 Å². The molecule has 0 amide bonds. The van der Waals surface area contributed by atoms with E-state index in [2.05, 4.69) is 0 Å².